The minimum atomic E-state index is 0.613. The summed E-state index contributed by atoms with van der Waals surface area (Å²) in [6.45, 7) is 12.4. The van der Waals surface area contributed by atoms with Crippen molar-refractivity contribution in [3.05, 3.63) is 47.5 Å². The Bertz CT molecular complexity index is 322. The van der Waals surface area contributed by atoms with Gasteiger partial charge in [0.05, 0.1) is 0 Å². The first kappa shape index (κ1) is 13.0. The van der Waals surface area contributed by atoms with Gasteiger partial charge in [0, 0.05) is 13.1 Å². The Labute approximate surface area is 99.6 Å². The fourth-order valence-electron chi connectivity index (χ4n) is 1.53. The molecule has 1 rings (SSSR count). The van der Waals surface area contributed by atoms with Crippen LogP contribution in [0.3, 0.4) is 0 Å². The monoisotopic (exact) mass is 217 g/mol. The van der Waals surface area contributed by atoms with Crippen LogP contribution >= 0.6 is 0 Å². The van der Waals surface area contributed by atoms with Gasteiger partial charge in [-0.2, -0.15) is 0 Å². The molecule has 16 heavy (non-hydrogen) atoms. The van der Waals surface area contributed by atoms with E-state index < -0.39 is 0 Å². The van der Waals surface area contributed by atoms with Gasteiger partial charge in [-0.25, -0.2) is 0 Å². The van der Waals surface area contributed by atoms with E-state index >= 15 is 0 Å². The zero-order valence-corrected chi connectivity index (χ0v) is 10.7. The van der Waals surface area contributed by atoms with Gasteiger partial charge >= 0.3 is 0 Å². The van der Waals surface area contributed by atoms with Gasteiger partial charge in [0.25, 0.3) is 0 Å². The maximum absolute atomic E-state index is 3.98. The summed E-state index contributed by atoms with van der Waals surface area (Å²) in [5.41, 5.74) is 4.01. The topological polar surface area (TPSA) is 12.0 Å². The van der Waals surface area contributed by atoms with Crippen LogP contribution in [0.2, 0.25) is 0 Å². The molecule has 1 aromatic carbocycles. The second-order valence-electron chi connectivity index (χ2n) is 4.60. The van der Waals surface area contributed by atoms with E-state index in [1.54, 1.807) is 0 Å². The van der Waals surface area contributed by atoms with Crippen molar-refractivity contribution in [2.75, 3.05) is 6.54 Å². The molecule has 0 atom stereocenters. The minimum absolute atomic E-state index is 0.613. The second kappa shape index (κ2) is 6.49. The van der Waals surface area contributed by atoms with E-state index in [4.69, 9.17) is 0 Å². The summed E-state index contributed by atoms with van der Waals surface area (Å²) < 4.78 is 0. The number of benzene rings is 1. The summed E-state index contributed by atoms with van der Waals surface area (Å²) in [6, 6.07) is 8.85. The molecule has 1 N–H and O–H groups in total. The molecule has 1 aromatic rings. The summed E-state index contributed by atoms with van der Waals surface area (Å²) in [4.78, 5) is 0. The first-order valence-corrected chi connectivity index (χ1v) is 6.09. The van der Waals surface area contributed by atoms with Gasteiger partial charge in [-0.3, -0.25) is 0 Å². The van der Waals surface area contributed by atoms with Gasteiger partial charge in [-0.1, -0.05) is 57.2 Å². The Morgan fingerprint density at radius 1 is 1.25 bits per heavy atom. The van der Waals surface area contributed by atoms with Crippen molar-refractivity contribution in [1.82, 2.24) is 5.32 Å². The normalized spacial score (nSPS) is 10.8. The largest absolute Gasteiger partial charge is 0.309 e. The number of hydrogen-bond acceptors (Lipinski definition) is 1. The summed E-state index contributed by atoms with van der Waals surface area (Å²) >= 11 is 0. The van der Waals surface area contributed by atoms with E-state index in [1.807, 2.05) is 0 Å². The third-order valence-electron chi connectivity index (χ3n) is 2.85. The molecule has 1 heteroatoms. The van der Waals surface area contributed by atoms with Gasteiger partial charge < -0.3 is 5.32 Å². The van der Waals surface area contributed by atoms with Crippen molar-refractivity contribution in [2.45, 2.75) is 39.7 Å². The smallest absolute Gasteiger partial charge is 0.0208 e. The minimum Gasteiger partial charge on any atom is -0.309 e. The third kappa shape index (κ3) is 4.19. The molecule has 0 fully saturated rings. The van der Waals surface area contributed by atoms with E-state index in [1.165, 1.54) is 16.7 Å². The quantitative estimate of drug-likeness (QED) is 0.713. The Balaban J connectivity index is 2.40. The van der Waals surface area contributed by atoms with Gasteiger partial charge in [-0.15, -0.1) is 0 Å². The van der Waals surface area contributed by atoms with E-state index in [2.05, 4.69) is 56.9 Å². The lowest BCUT2D eigenvalue weighted by Crippen LogP contribution is -2.15. The predicted molar refractivity (Wildman–Crippen MR) is 71.7 cm³/mol. The van der Waals surface area contributed by atoms with Crippen LogP contribution in [0.4, 0.5) is 0 Å². The molecular weight excluding hydrogens is 194 g/mol. The molecule has 0 saturated heterocycles. The lowest BCUT2D eigenvalue weighted by atomic mass is 10.0. The van der Waals surface area contributed by atoms with Crippen LogP contribution in [0.5, 0.6) is 0 Å². The third-order valence-corrected chi connectivity index (χ3v) is 2.85. The highest BCUT2D eigenvalue weighted by atomic mass is 14.8. The fraction of sp³-hybridized carbons (Fsp3) is 0.467. The average molecular weight is 217 g/mol. The van der Waals surface area contributed by atoms with E-state index in [0.717, 1.165) is 19.5 Å². The highest BCUT2D eigenvalue weighted by Crippen LogP contribution is 2.14. The summed E-state index contributed by atoms with van der Waals surface area (Å²) in [6.07, 6.45) is 1.05. The van der Waals surface area contributed by atoms with Crippen LogP contribution < -0.4 is 5.32 Å². The summed E-state index contributed by atoms with van der Waals surface area (Å²) in [7, 11) is 0. The molecule has 0 radical (unpaired) electrons. The molecule has 0 heterocycles. The van der Waals surface area contributed by atoms with Crippen molar-refractivity contribution >= 4 is 0 Å². The zero-order valence-electron chi connectivity index (χ0n) is 10.7. The molecule has 0 aliphatic rings. The SMILES string of the molecule is C=C(CC)CNCc1ccc(C(C)C)cc1. The van der Waals surface area contributed by atoms with Crippen LogP contribution in [0.25, 0.3) is 0 Å². The van der Waals surface area contributed by atoms with Crippen LogP contribution in [0, 0.1) is 0 Å². The van der Waals surface area contributed by atoms with E-state index in [0.29, 0.717) is 5.92 Å². The molecule has 0 amide bonds. The van der Waals surface area contributed by atoms with Gasteiger partial charge in [0.1, 0.15) is 0 Å². The molecule has 0 aliphatic heterocycles. The highest BCUT2D eigenvalue weighted by Gasteiger charge is 1.98. The Morgan fingerprint density at radius 3 is 2.38 bits per heavy atom. The van der Waals surface area contributed by atoms with Crippen LogP contribution in [0.15, 0.2) is 36.4 Å². The molecule has 0 bridgehead atoms. The van der Waals surface area contributed by atoms with Gasteiger partial charge in [-0.05, 0) is 23.5 Å². The van der Waals surface area contributed by atoms with Crippen molar-refractivity contribution in [1.29, 1.82) is 0 Å². The van der Waals surface area contributed by atoms with Crippen LogP contribution in [-0.4, -0.2) is 6.54 Å². The molecule has 1 nitrogen and oxygen atoms in total. The number of rotatable bonds is 6. The van der Waals surface area contributed by atoms with Crippen molar-refractivity contribution in [3.8, 4) is 0 Å². The maximum Gasteiger partial charge on any atom is 0.0208 e. The molecular formula is C15H23N. The second-order valence-corrected chi connectivity index (χ2v) is 4.60. The van der Waals surface area contributed by atoms with Crippen LogP contribution in [-0.2, 0) is 6.54 Å². The Hall–Kier alpha value is -1.08. The van der Waals surface area contributed by atoms with E-state index in [9.17, 15) is 0 Å². The maximum atomic E-state index is 3.98. The fourth-order valence-corrected chi connectivity index (χ4v) is 1.53. The Morgan fingerprint density at radius 2 is 1.88 bits per heavy atom. The van der Waals surface area contributed by atoms with Crippen molar-refractivity contribution in [3.63, 3.8) is 0 Å². The predicted octanol–water partition coefficient (Wildman–Crippen LogP) is 3.87. The van der Waals surface area contributed by atoms with Crippen LogP contribution in [0.1, 0.15) is 44.2 Å². The zero-order chi connectivity index (χ0) is 12.0. The first-order valence-electron chi connectivity index (χ1n) is 6.09. The van der Waals surface area contributed by atoms with Crippen molar-refractivity contribution < 1.29 is 0 Å². The Kier molecular flexibility index (Phi) is 5.27. The summed E-state index contributed by atoms with van der Waals surface area (Å²) in [5, 5.41) is 3.40. The number of hydrogen-bond donors (Lipinski definition) is 1. The molecule has 88 valence electrons. The average Bonchev–Trinajstić information content (AvgIpc) is 2.29. The lowest BCUT2D eigenvalue weighted by molar-refractivity contribution is 0.726. The standard InChI is InChI=1S/C15H23N/c1-5-13(4)10-16-11-14-6-8-15(9-7-14)12(2)3/h6-9,12,16H,4-5,10-11H2,1-3H3. The molecule has 0 unspecified atom stereocenters. The molecule has 0 saturated carbocycles. The van der Waals surface area contributed by atoms with E-state index in [-0.39, 0.29) is 0 Å². The first-order chi connectivity index (χ1) is 7.63. The lowest BCUT2D eigenvalue weighted by Gasteiger charge is -2.08. The van der Waals surface area contributed by atoms with Gasteiger partial charge in [0.15, 0.2) is 0 Å². The molecule has 0 aliphatic carbocycles. The molecule has 0 aromatic heterocycles. The van der Waals surface area contributed by atoms with Crippen molar-refractivity contribution in [2.24, 2.45) is 0 Å². The summed E-state index contributed by atoms with van der Waals surface area (Å²) in [5.74, 6) is 0.613. The number of nitrogens with one attached hydrogen (secondary N) is 1. The molecule has 0 spiro atoms. The highest BCUT2D eigenvalue weighted by molar-refractivity contribution is 5.24. The van der Waals surface area contributed by atoms with Gasteiger partial charge in [0.2, 0.25) is 0 Å².